The maximum atomic E-state index is 5.87. The van der Waals surface area contributed by atoms with Gasteiger partial charge in [0.1, 0.15) is 13.2 Å². The minimum absolute atomic E-state index is 0. The van der Waals surface area contributed by atoms with E-state index in [0.717, 1.165) is 31.1 Å². The highest BCUT2D eigenvalue weighted by molar-refractivity contribution is 5.85. The van der Waals surface area contributed by atoms with Crippen molar-refractivity contribution in [1.82, 2.24) is 4.90 Å². The van der Waals surface area contributed by atoms with Gasteiger partial charge in [0.15, 0.2) is 11.5 Å². The van der Waals surface area contributed by atoms with Gasteiger partial charge in [-0.1, -0.05) is 24.8 Å². The van der Waals surface area contributed by atoms with Crippen molar-refractivity contribution in [2.45, 2.75) is 26.1 Å². The van der Waals surface area contributed by atoms with Crippen molar-refractivity contribution in [3.63, 3.8) is 0 Å². The van der Waals surface area contributed by atoms with Crippen molar-refractivity contribution in [3.8, 4) is 11.5 Å². The number of nitrogens with zero attached hydrogens (tertiary/aromatic N) is 1. The molecule has 0 saturated carbocycles. The largest absolute Gasteiger partial charge is 0.488 e. The van der Waals surface area contributed by atoms with E-state index in [1.807, 2.05) is 24.3 Å². The summed E-state index contributed by atoms with van der Waals surface area (Å²) in [4.78, 5) is 2.38. The number of hydrogen-bond donors (Lipinski definition) is 0. The summed E-state index contributed by atoms with van der Waals surface area (Å²) in [6, 6.07) is 7.74. The summed E-state index contributed by atoms with van der Waals surface area (Å²) in [5.74, 6) is 1.55. The number of hydrogen-bond acceptors (Lipinski definition) is 4. The second-order valence-corrected chi connectivity index (χ2v) is 5.41. The minimum atomic E-state index is 0. The summed E-state index contributed by atoms with van der Waals surface area (Å²) in [6.07, 6.45) is 2.31. The first kappa shape index (κ1) is 18.8. The molecule has 22 heavy (non-hydrogen) atoms. The zero-order valence-electron chi connectivity index (χ0n) is 13.4. The monoisotopic (exact) mass is 327 g/mol. The number of halogens is 1. The highest BCUT2D eigenvalue weighted by atomic mass is 35.5. The molecule has 1 aromatic carbocycles. The van der Waals surface area contributed by atoms with Crippen LogP contribution in [-0.2, 0) is 4.74 Å². The molecule has 1 heterocycles. The topological polar surface area (TPSA) is 30.9 Å². The Morgan fingerprint density at radius 3 is 2.36 bits per heavy atom. The van der Waals surface area contributed by atoms with E-state index in [1.54, 1.807) is 6.08 Å². The molecule has 124 valence electrons. The normalized spacial score (nSPS) is 21.7. The van der Waals surface area contributed by atoms with Crippen LogP contribution in [0.4, 0.5) is 0 Å². The molecule has 0 aliphatic carbocycles. The fraction of sp³-hybridized carbons (Fsp3) is 0.529. The lowest BCUT2D eigenvalue weighted by Gasteiger charge is -2.35. The minimum Gasteiger partial charge on any atom is -0.488 e. The fourth-order valence-corrected chi connectivity index (χ4v) is 2.59. The highest BCUT2D eigenvalue weighted by Gasteiger charge is 2.21. The van der Waals surface area contributed by atoms with Gasteiger partial charge in [0.2, 0.25) is 0 Å². The summed E-state index contributed by atoms with van der Waals surface area (Å²) in [6.45, 7) is 11.8. The Labute approximate surface area is 139 Å². The van der Waals surface area contributed by atoms with Crippen molar-refractivity contribution in [2.24, 2.45) is 0 Å². The summed E-state index contributed by atoms with van der Waals surface area (Å²) in [5, 5.41) is 0. The Morgan fingerprint density at radius 2 is 1.77 bits per heavy atom. The standard InChI is InChI=1S/C17H25NO3.ClH/c1-4-10-19-16-7-5-6-8-17(16)20-11-9-18-12-14(2)21-15(3)13-18;/h4-8,14-15H,1,9-13H2,2-3H3;1H. The van der Waals surface area contributed by atoms with Crippen LogP contribution >= 0.6 is 12.4 Å². The number of para-hydroxylation sites is 2. The molecular formula is C17H26ClNO3. The summed E-state index contributed by atoms with van der Waals surface area (Å²) in [5.41, 5.74) is 0. The molecule has 0 aromatic heterocycles. The number of morpholine rings is 1. The van der Waals surface area contributed by atoms with Gasteiger partial charge in [-0.15, -0.1) is 12.4 Å². The van der Waals surface area contributed by atoms with Crippen molar-refractivity contribution < 1.29 is 14.2 Å². The molecule has 1 saturated heterocycles. The summed E-state index contributed by atoms with van der Waals surface area (Å²) < 4.78 is 17.2. The predicted molar refractivity (Wildman–Crippen MR) is 91.3 cm³/mol. The zero-order chi connectivity index (χ0) is 15.1. The smallest absolute Gasteiger partial charge is 0.161 e. The fourth-order valence-electron chi connectivity index (χ4n) is 2.59. The van der Waals surface area contributed by atoms with Gasteiger partial charge in [-0.25, -0.2) is 0 Å². The molecule has 1 aliphatic heterocycles. The second-order valence-electron chi connectivity index (χ2n) is 5.41. The van der Waals surface area contributed by atoms with E-state index in [2.05, 4.69) is 25.3 Å². The van der Waals surface area contributed by atoms with Crippen molar-refractivity contribution in [3.05, 3.63) is 36.9 Å². The average molecular weight is 328 g/mol. The Kier molecular flexibility index (Phi) is 8.31. The van der Waals surface area contributed by atoms with Gasteiger partial charge in [0.05, 0.1) is 12.2 Å². The second kappa shape index (κ2) is 9.72. The van der Waals surface area contributed by atoms with Gasteiger partial charge < -0.3 is 14.2 Å². The number of rotatable bonds is 7. The molecular weight excluding hydrogens is 302 g/mol. The van der Waals surface area contributed by atoms with Gasteiger partial charge in [-0.3, -0.25) is 4.90 Å². The first-order chi connectivity index (χ1) is 10.2. The third-order valence-corrected chi connectivity index (χ3v) is 3.37. The molecule has 2 unspecified atom stereocenters. The highest BCUT2D eigenvalue weighted by Crippen LogP contribution is 2.26. The third kappa shape index (κ3) is 5.87. The van der Waals surface area contributed by atoms with Crippen LogP contribution in [0.3, 0.4) is 0 Å². The van der Waals surface area contributed by atoms with Crippen molar-refractivity contribution in [1.29, 1.82) is 0 Å². The van der Waals surface area contributed by atoms with Crippen LogP contribution in [-0.4, -0.2) is 50.0 Å². The number of benzene rings is 1. The molecule has 1 aromatic rings. The first-order valence-corrected chi connectivity index (χ1v) is 7.52. The van der Waals surface area contributed by atoms with E-state index in [-0.39, 0.29) is 24.6 Å². The third-order valence-electron chi connectivity index (χ3n) is 3.37. The molecule has 5 heteroatoms. The summed E-state index contributed by atoms with van der Waals surface area (Å²) >= 11 is 0. The first-order valence-electron chi connectivity index (χ1n) is 7.52. The zero-order valence-corrected chi connectivity index (χ0v) is 14.2. The van der Waals surface area contributed by atoms with Gasteiger partial charge in [-0.2, -0.15) is 0 Å². The van der Waals surface area contributed by atoms with E-state index in [1.165, 1.54) is 0 Å². The molecule has 2 atom stereocenters. The van der Waals surface area contributed by atoms with Crippen molar-refractivity contribution >= 4 is 12.4 Å². The molecule has 0 bridgehead atoms. The molecule has 1 aliphatic rings. The number of ether oxygens (including phenoxy) is 3. The van der Waals surface area contributed by atoms with Gasteiger partial charge in [-0.05, 0) is 26.0 Å². The molecule has 0 N–H and O–H groups in total. The van der Waals surface area contributed by atoms with E-state index in [0.29, 0.717) is 13.2 Å². The van der Waals surface area contributed by atoms with Gasteiger partial charge >= 0.3 is 0 Å². The van der Waals surface area contributed by atoms with Crippen LogP contribution < -0.4 is 9.47 Å². The molecule has 0 amide bonds. The van der Waals surface area contributed by atoms with Crippen LogP contribution in [0.25, 0.3) is 0 Å². The van der Waals surface area contributed by atoms with Crippen LogP contribution in [0.2, 0.25) is 0 Å². The SMILES string of the molecule is C=CCOc1ccccc1OCCN1CC(C)OC(C)C1.Cl. The average Bonchev–Trinajstić information content (AvgIpc) is 2.45. The lowest BCUT2D eigenvalue weighted by molar-refractivity contribution is -0.0699. The van der Waals surface area contributed by atoms with Crippen LogP contribution in [0.15, 0.2) is 36.9 Å². The van der Waals surface area contributed by atoms with E-state index in [4.69, 9.17) is 14.2 Å². The Morgan fingerprint density at radius 1 is 1.18 bits per heavy atom. The quantitative estimate of drug-likeness (QED) is 0.720. The Balaban J connectivity index is 0.00000242. The van der Waals surface area contributed by atoms with Gasteiger partial charge in [0.25, 0.3) is 0 Å². The van der Waals surface area contributed by atoms with Crippen LogP contribution in [0, 0.1) is 0 Å². The predicted octanol–water partition coefficient (Wildman–Crippen LogP) is 3.16. The van der Waals surface area contributed by atoms with Crippen LogP contribution in [0.1, 0.15) is 13.8 Å². The van der Waals surface area contributed by atoms with Gasteiger partial charge in [0, 0.05) is 19.6 Å². The molecule has 2 rings (SSSR count). The Hall–Kier alpha value is -1.23. The Bertz CT molecular complexity index is 445. The lowest BCUT2D eigenvalue weighted by Crippen LogP contribution is -2.46. The lowest BCUT2D eigenvalue weighted by atomic mass is 10.2. The molecule has 0 spiro atoms. The van der Waals surface area contributed by atoms with E-state index in [9.17, 15) is 0 Å². The van der Waals surface area contributed by atoms with E-state index >= 15 is 0 Å². The maximum Gasteiger partial charge on any atom is 0.161 e. The molecule has 0 radical (unpaired) electrons. The molecule has 1 fully saturated rings. The van der Waals surface area contributed by atoms with Crippen molar-refractivity contribution in [2.75, 3.05) is 32.8 Å². The molecule has 4 nitrogen and oxygen atoms in total. The van der Waals surface area contributed by atoms with E-state index < -0.39 is 0 Å². The summed E-state index contributed by atoms with van der Waals surface area (Å²) in [7, 11) is 0. The van der Waals surface area contributed by atoms with Crippen LogP contribution in [0.5, 0.6) is 11.5 Å². The maximum absolute atomic E-state index is 5.87.